The number of hydrogen-bond donors (Lipinski definition) is 1. The van der Waals surface area contributed by atoms with Crippen molar-refractivity contribution in [1.82, 2.24) is 4.57 Å². The van der Waals surface area contributed by atoms with Gasteiger partial charge in [-0.15, -0.1) is 0 Å². The fourth-order valence-corrected chi connectivity index (χ4v) is 1.86. The number of ether oxygens (including phenoxy) is 1. The van der Waals surface area contributed by atoms with Crippen LogP contribution in [0.5, 0.6) is 0 Å². The van der Waals surface area contributed by atoms with Gasteiger partial charge >= 0.3 is 5.97 Å². The predicted octanol–water partition coefficient (Wildman–Crippen LogP) is 1.39. The smallest absolute Gasteiger partial charge is 0.340 e. The lowest BCUT2D eigenvalue weighted by molar-refractivity contribution is 0.0602. The van der Waals surface area contributed by atoms with Crippen molar-refractivity contribution in [2.75, 3.05) is 13.7 Å². The number of carbonyl (C=O) groups is 1. The summed E-state index contributed by atoms with van der Waals surface area (Å²) in [4.78, 5) is 11.6. The third-order valence-corrected chi connectivity index (χ3v) is 2.56. The molecule has 0 radical (unpaired) electrons. The lowest BCUT2D eigenvalue weighted by Gasteiger charge is -2.07. The molecule has 0 aliphatic carbocycles. The Labute approximate surface area is 93.6 Å². The second-order valence-electron chi connectivity index (χ2n) is 3.53. The van der Waals surface area contributed by atoms with Crippen LogP contribution in [-0.2, 0) is 11.3 Å². The molecule has 16 heavy (non-hydrogen) atoms. The molecule has 84 valence electrons. The number of para-hydroxylation sites is 1. The highest BCUT2D eigenvalue weighted by atomic mass is 16.5. The van der Waals surface area contributed by atoms with Gasteiger partial charge < -0.3 is 15.0 Å². The third-order valence-electron chi connectivity index (χ3n) is 2.56. The number of aromatic nitrogens is 1. The number of hydrogen-bond acceptors (Lipinski definition) is 3. The molecule has 1 aromatic heterocycles. The highest BCUT2D eigenvalue weighted by Gasteiger charge is 2.12. The lowest BCUT2D eigenvalue weighted by atomic mass is 10.1. The molecule has 2 aromatic rings. The van der Waals surface area contributed by atoms with E-state index in [-0.39, 0.29) is 5.97 Å². The van der Waals surface area contributed by atoms with E-state index in [0.717, 1.165) is 10.9 Å². The van der Waals surface area contributed by atoms with Gasteiger partial charge in [0.25, 0.3) is 0 Å². The van der Waals surface area contributed by atoms with Crippen molar-refractivity contribution in [3.05, 3.63) is 36.0 Å². The number of esters is 1. The van der Waals surface area contributed by atoms with Crippen LogP contribution in [0.1, 0.15) is 10.4 Å². The number of rotatable bonds is 3. The maximum absolute atomic E-state index is 11.6. The highest BCUT2D eigenvalue weighted by Crippen LogP contribution is 2.20. The molecule has 0 spiro atoms. The van der Waals surface area contributed by atoms with Gasteiger partial charge in [-0.05, 0) is 12.1 Å². The van der Waals surface area contributed by atoms with Gasteiger partial charge in [0.2, 0.25) is 0 Å². The quantitative estimate of drug-likeness (QED) is 0.792. The van der Waals surface area contributed by atoms with E-state index < -0.39 is 0 Å². The van der Waals surface area contributed by atoms with E-state index in [9.17, 15) is 4.79 Å². The summed E-state index contributed by atoms with van der Waals surface area (Å²) < 4.78 is 6.74. The maximum Gasteiger partial charge on any atom is 0.340 e. The predicted molar refractivity (Wildman–Crippen MR) is 62.3 cm³/mol. The van der Waals surface area contributed by atoms with E-state index in [0.29, 0.717) is 18.7 Å². The molecule has 2 N–H and O–H groups in total. The first-order valence-corrected chi connectivity index (χ1v) is 5.14. The lowest BCUT2D eigenvalue weighted by Crippen LogP contribution is -2.11. The second kappa shape index (κ2) is 4.37. The van der Waals surface area contributed by atoms with Gasteiger partial charge in [0, 0.05) is 24.7 Å². The van der Waals surface area contributed by atoms with Crippen LogP contribution in [0.15, 0.2) is 30.5 Å². The minimum atomic E-state index is -0.317. The standard InChI is InChI=1S/C12H14N2O2/c1-16-12(15)10-4-2-3-9-5-7-14(8-6-13)11(9)10/h2-5,7H,6,8,13H2,1H3. The summed E-state index contributed by atoms with van der Waals surface area (Å²) in [6.45, 7) is 1.23. The Balaban J connectivity index is 2.63. The van der Waals surface area contributed by atoms with E-state index in [1.807, 2.05) is 29.0 Å². The number of fused-ring (bicyclic) bond motifs is 1. The van der Waals surface area contributed by atoms with Crippen molar-refractivity contribution in [3.63, 3.8) is 0 Å². The topological polar surface area (TPSA) is 57.2 Å². The zero-order chi connectivity index (χ0) is 11.5. The summed E-state index contributed by atoms with van der Waals surface area (Å²) in [6.07, 6.45) is 1.93. The van der Waals surface area contributed by atoms with E-state index in [1.165, 1.54) is 7.11 Å². The summed E-state index contributed by atoms with van der Waals surface area (Å²) in [7, 11) is 1.39. The van der Waals surface area contributed by atoms with Crippen molar-refractivity contribution < 1.29 is 9.53 Å². The molecule has 0 saturated carbocycles. The Hall–Kier alpha value is -1.81. The van der Waals surface area contributed by atoms with Crippen molar-refractivity contribution >= 4 is 16.9 Å². The molecule has 0 atom stereocenters. The van der Waals surface area contributed by atoms with Gasteiger partial charge in [0.05, 0.1) is 18.2 Å². The molecule has 4 heteroatoms. The van der Waals surface area contributed by atoms with Crippen LogP contribution in [0.25, 0.3) is 10.9 Å². The Kier molecular flexibility index (Phi) is 2.92. The maximum atomic E-state index is 11.6. The average molecular weight is 218 g/mol. The Morgan fingerprint density at radius 2 is 2.25 bits per heavy atom. The minimum Gasteiger partial charge on any atom is -0.465 e. The molecule has 0 unspecified atom stereocenters. The van der Waals surface area contributed by atoms with Crippen molar-refractivity contribution in [3.8, 4) is 0 Å². The molecule has 0 saturated heterocycles. The summed E-state index contributed by atoms with van der Waals surface area (Å²) in [5.41, 5.74) is 7.00. The van der Waals surface area contributed by atoms with E-state index in [2.05, 4.69) is 0 Å². The van der Waals surface area contributed by atoms with Crippen LogP contribution in [0.4, 0.5) is 0 Å². The van der Waals surface area contributed by atoms with Gasteiger partial charge in [-0.3, -0.25) is 0 Å². The van der Waals surface area contributed by atoms with Crippen molar-refractivity contribution in [2.24, 2.45) is 5.73 Å². The van der Waals surface area contributed by atoms with Gasteiger partial charge in [-0.2, -0.15) is 0 Å². The summed E-state index contributed by atoms with van der Waals surface area (Å²) in [5, 5.41) is 1.02. The zero-order valence-corrected chi connectivity index (χ0v) is 9.14. The molecular weight excluding hydrogens is 204 g/mol. The van der Waals surface area contributed by atoms with E-state index >= 15 is 0 Å². The fourth-order valence-electron chi connectivity index (χ4n) is 1.86. The van der Waals surface area contributed by atoms with Gasteiger partial charge in [0.1, 0.15) is 0 Å². The number of carbonyl (C=O) groups excluding carboxylic acids is 1. The monoisotopic (exact) mass is 218 g/mol. The Bertz CT molecular complexity index is 517. The fraction of sp³-hybridized carbons (Fsp3) is 0.250. The number of benzene rings is 1. The van der Waals surface area contributed by atoms with Gasteiger partial charge in [-0.1, -0.05) is 12.1 Å². The van der Waals surface area contributed by atoms with Crippen LogP contribution in [0.3, 0.4) is 0 Å². The first-order valence-electron chi connectivity index (χ1n) is 5.14. The third kappa shape index (κ3) is 1.67. The second-order valence-corrected chi connectivity index (χ2v) is 3.53. The van der Waals surface area contributed by atoms with E-state index in [4.69, 9.17) is 10.5 Å². The molecule has 1 aromatic carbocycles. The molecule has 0 aliphatic rings. The van der Waals surface area contributed by atoms with Crippen molar-refractivity contribution in [1.29, 1.82) is 0 Å². The number of nitrogens with two attached hydrogens (primary N) is 1. The van der Waals surface area contributed by atoms with Gasteiger partial charge in [-0.25, -0.2) is 4.79 Å². The average Bonchev–Trinajstić information content (AvgIpc) is 2.72. The molecule has 0 amide bonds. The summed E-state index contributed by atoms with van der Waals surface area (Å²) in [6, 6.07) is 7.55. The Morgan fingerprint density at radius 1 is 1.44 bits per heavy atom. The normalized spacial score (nSPS) is 10.6. The number of methoxy groups -OCH3 is 1. The largest absolute Gasteiger partial charge is 0.465 e. The highest BCUT2D eigenvalue weighted by molar-refractivity contribution is 6.03. The van der Waals surface area contributed by atoms with Crippen molar-refractivity contribution in [2.45, 2.75) is 6.54 Å². The van der Waals surface area contributed by atoms with Crippen LogP contribution in [-0.4, -0.2) is 24.2 Å². The van der Waals surface area contributed by atoms with Crippen LogP contribution < -0.4 is 5.73 Å². The minimum absolute atomic E-state index is 0.317. The van der Waals surface area contributed by atoms with Crippen LogP contribution in [0, 0.1) is 0 Å². The SMILES string of the molecule is COC(=O)c1cccc2ccn(CCN)c12. The zero-order valence-electron chi connectivity index (χ0n) is 9.14. The molecule has 0 fully saturated rings. The van der Waals surface area contributed by atoms with Crippen LogP contribution >= 0.6 is 0 Å². The van der Waals surface area contributed by atoms with Gasteiger partial charge in [0.15, 0.2) is 0 Å². The molecule has 2 rings (SSSR count). The summed E-state index contributed by atoms with van der Waals surface area (Å²) in [5.74, 6) is -0.317. The molecule has 0 bridgehead atoms. The summed E-state index contributed by atoms with van der Waals surface area (Å²) >= 11 is 0. The first kappa shape index (κ1) is 10.7. The first-order chi connectivity index (χ1) is 7.77. The molecular formula is C12H14N2O2. The van der Waals surface area contributed by atoms with E-state index in [1.54, 1.807) is 6.07 Å². The molecule has 0 aliphatic heterocycles. The Morgan fingerprint density at radius 3 is 2.94 bits per heavy atom. The molecule has 1 heterocycles. The van der Waals surface area contributed by atoms with Crippen LogP contribution in [0.2, 0.25) is 0 Å². The number of nitrogens with zero attached hydrogens (tertiary/aromatic N) is 1. The molecule has 4 nitrogen and oxygen atoms in total.